The maximum atomic E-state index is 12.8. The van der Waals surface area contributed by atoms with Gasteiger partial charge in [-0.25, -0.2) is 4.98 Å². The molecule has 1 amide bonds. The van der Waals surface area contributed by atoms with Crippen molar-refractivity contribution in [3.05, 3.63) is 29.4 Å². The molecule has 4 heterocycles. The maximum Gasteiger partial charge on any atom is 0.263 e. The van der Waals surface area contributed by atoms with Crippen LogP contribution < -0.4 is 0 Å². The second-order valence-corrected chi connectivity index (χ2v) is 8.58. The van der Waals surface area contributed by atoms with Crippen LogP contribution in [0, 0.1) is 0 Å². The van der Waals surface area contributed by atoms with Crippen LogP contribution in [0.1, 0.15) is 22.5 Å². The average Bonchev–Trinajstić information content (AvgIpc) is 3.33. The number of aromatic amines is 1. The number of aromatic nitrogens is 2. The van der Waals surface area contributed by atoms with Gasteiger partial charge in [0.2, 0.25) is 0 Å². The van der Waals surface area contributed by atoms with Gasteiger partial charge >= 0.3 is 0 Å². The van der Waals surface area contributed by atoms with Gasteiger partial charge in [-0.05, 0) is 25.0 Å². The number of hydrogen-bond acceptors (Lipinski definition) is 5. The highest BCUT2D eigenvalue weighted by Crippen LogP contribution is 2.28. The van der Waals surface area contributed by atoms with Gasteiger partial charge in [0.1, 0.15) is 5.82 Å². The molecule has 0 radical (unpaired) electrons. The lowest BCUT2D eigenvalue weighted by atomic mass is 10.0. The molecular formula is C17H22N4OS2. The normalized spacial score (nSPS) is 20.4. The highest BCUT2D eigenvalue weighted by molar-refractivity contribution is 7.99. The van der Waals surface area contributed by atoms with E-state index in [9.17, 15) is 4.79 Å². The van der Waals surface area contributed by atoms with Gasteiger partial charge < -0.3 is 9.88 Å². The predicted octanol–water partition coefficient (Wildman–Crippen LogP) is 2.79. The number of amides is 1. The van der Waals surface area contributed by atoms with Gasteiger partial charge in [-0.15, -0.1) is 11.3 Å². The molecule has 0 aliphatic carbocycles. The Morgan fingerprint density at radius 3 is 2.67 bits per heavy atom. The van der Waals surface area contributed by atoms with Crippen molar-refractivity contribution in [2.24, 2.45) is 0 Å². The molecule has 2 aromatic heterocycles. The Kier molecular flexibility index (Phi) is 4.91. The number of H-pyrrole nitrogens is 1. The highest BCUT2D eigenvalue weighted by atomic mass is 32.2. The summed E-state index contributed by atoms with van der Waals surface area (Å²) in [4.78, 5) is 26.6. The lowest BCUT2D eigenvalue weighted by molar-refractivity contribution is 0.0635. The van der Waals surface area contributed by atoms with Crippen LogP contribution in [-0.2, 0) is 0 Å². The Morgan fingerprint density at radius 2 is 1.96 bits per heavy atom. The fraction of sp³-hybridized carbons (Fsp3) is 0.529. The topological polar surface area (TPSA) is 52.2 Å². The van der Waals surface area contributed by atoms with E-state index >= 15 is 0 Å². The Morgan fingerprint density at radius 1 is 1.17 bits per heavy atom. The minimum atomic E-state index is 0.172. The molecule has 2 fully saturated rings. The summed E-state index contributed by atoms with van der Waals surface area (Å²) in [5.74, 6) is 3.51. The summed E-state index contributed by atoms with van der Waals surface area (Å²) in [6.07, 6.45) is 5.75. The second kappa shape index (κ2) is 7.29. The van der Waals surface area contributed by atoms with Gasteiger partial charge in [0.15, 0.2) is 0 Å². The molecule has 2 saturated heterocycles. The van der Waals surface area contributed by atoms with E-state index in [1.807, 2.05) is 17.0 Å². The number of carbonyl (C=O) groups is 1. The van der Waals surface area contributed by atoms with Crippen LogP contribution >= 0.6 is 23.1 Å². The van der Waals surface area contributed by atoms with Crippen LogP contribution in [0.3, 0.4) is 0 Å². The highest BCUT2D eigenvalue weighted by Gasteiger charge is 2.28. The third-order valence-electron chi connectivity index (χ3n) is 4.86. The molecule has 2 aliphatic heterocycles. The molecule has 5 nitrogen and oxygen atoms in total. The van der Waals surface area contributed by atoms with Gasteiger partial charge in [0.25, 0.3) is 5.91 Å². The van der Waals surface area contributed by atoms with Crippen molar-refractivity contribution in [1.82, 2.24) is 19.8 Å². The summed E-state index contributed by atoms with van der Waals surface area (Å²) < 4.78 is 0. The third kappa shape index (κ3) is 3.38. The minimum absolute atomic E-state index is 0.172. The summed E-state index contributed by atoms with van der Waals surface area (Å²) in [5.41, 5.74) is 0. The SMILES string of the molecule is O=C(c1ccc(-c2ncc[nH]2)s1)N1CCC(N2CCSCC2)CC1. The largest absolute Gasteiger partial charge is 0.344 e. The van der Waals surface area contributed by atoms with Crippen molar-refractivity contribution in [2.45, 2.75) is 18.9 Å². The van der Waals surface area contributed by atoms with Crippen LogP contribution in [0.5, 0.6) is 0 Å². The van der Waals surface area contributed by atoms with E-state index in [2.05, 4.69) is 26.6 Å². The number of nitrogens with one attached hydrogen (secondary N) is 1. The van der Waals surface area contributed by atoms with Crippen molar-refractivity contribution in [1.29, 1.82) is 0 Å². The number of nitrogens with zero attached hydrogens (tertiary/aromatic N) is 3. The summed E-state index contributed by atoms with van der Waals surface area (Å²) in [5, 5.41) is 0. The van der Waals surface area contributed by atoms with Crippen LogP contribution in [-0.4, -0.2) is 69.4 Å². The fourth-order valence-corrected chi connectivity index (χ4v) is 5.38. The molecule has 4 rings (SSSR count). The molecule has 0 unspecified atom stereocenters. The molecule has 0 spiro atoms. The molecule has 0 aromatic carbocycles. The molecular weight excluding hydrogens is 340 g/mol. The Labute approximate surface area is 150 Å². The van der Waals surface area contributed by atoms with Crippen molar-refractivity contribution < 1.29 is 4.79 Å². The molecule has 2 aliphatic rings. The number of piperidine rings is 1. The molecule has 128 valence electrons. The predicted molar refractivity (Wildman–Crippen MR) is 99.7 cm³/mol. The van der Waals surface area contributed by atoms with Crippen molar-refractivity contribution in [3.63, 3.8) is 0 Å². The zero-order valence-corrected chi connectivity index (χ0v) is 15.2. The number of imidazole rings is 1. The minimum Gasteiger partial charge on any atom is -0.344 e. The van der Waals surface area contributed by atoms with Crippen molar-refractivity contribution >= 4 is 29.0 Å². The fourth-order valence-electron chi connectivity index (χ4n) is 3.51. The molecule has 1 N–H and O–H groups in total. The molecule has 24 heavy (non-hydrogen) atoms. The first-order chi connectivity index (χ1) is 11.8. The molecule has 0 saturated carbocycles. The third-order valence-corrected chi connectivity index (χ3v) is 6.88. The lowest BCUT2D eigenvalue weighted by Gasteiger charge is -2.40. The average molecular weight is 363 g/mol. The quantitative estimate of drug-likeness (QED) is 0.912. The zero-order valence-electron chi connectivity index (χ0n) is 13.6. The maximum absolute atomic E-state index is 12.8. The number of likely N-dealkylation sites (tertiary alicyclic amines) is 1. The first kappa shape index (κ1) is 16.2. The van der Waals surface area contributed by atoms with E-state index in [0.29, 0.717) is 6.04 Å². The van der Waals surface area contributed by atoms with Gasteiger partial charge in [-0.2, -0.15) is 11.8 Å². The summed E-state index contributed by atoms with van der Waals surface area (Å²) >= 11 is 3.58. The number of hydrogen-bond donors (Lipinski definition) is 1. The number of thiophene rings is 1. The standard InChI is InChI=1S/C17H22N4OS2/c22-17(15-2-1-14(24-15)16-18-5-6-19-16)21-7-3-13(4-8-21)20-9-11-23-12-10-20/h1-2,5-6,13H,3-4,7-12H2,(H,18,19). The van der Waals surface area contributed by atoms with Gasteiger partial charge in [0, 0.05) is 56.1 Å². The summed E-state index contributed by atoms with van der Waals surface area (Å²) in [6, 6.07) is 4.57. The second-order valence-electron chi connectivity index (χ2n) is 6.27. The first-order valence-electron chi connectivity index (χ1n) is 8.52. The summed E-state index contributed by atoms with van der Waals surface area (Å²) in [6.45, 7) is 4.17. The van der Waals surface area contributed by atoms with E-state index < -0.39 is 0 Å². The summed E-state index contributed by atoms with van der Waals surface area (Å²) in [7, 11) is 0. The smallest absolute Gasteiger partial charge is 0.263 e. The molecule has 0 atom stereocenters. The number of thioether (sulfide) groups is 1. The van der Waals surface area contributed by atoms with E-state index in [0.717, 1.165) is 41.5 Å². The Hall–Kier alpha value is -1.31. The van der Waals surface area contributed by atoms with Crippen molar-refractivity contribution in [3.8, 4) is 10.7 Å². The monoisotopic (exact) mass is 362 g/mol. The zero-order chi connectivity index (χ0) is 16.4. The molecule has 2 aromatic rings. The van der Waals surface area contributed by atoms with Crippen LogP contribution in [0.4, 0.5) is 0 Å². The Balaban J connectivity index is 1.36. The van der Waals surface area contributed by atoms with Crippen LogP contribution in [0.2, 0.25) is 0 Å². The van der Waals surface area contributed by atoms with Crippen LogP contribution in [0.15, 0.2) is 24.5 Å². The number of rotatable bonds is 3. The van der Waals surface area contributed by atoms with E-state index in [1.165, 1.54) is 35.9 Å². The van der Waals surface area contributed by atoms with Crippen LogP contribution in [0.25, 0.3) is 10.7 Å². The van der Waals surface area contributed by atoms with Gasteiger partial charge in [-0.1, -0.05) is 0 Å². The van der Waals surface area contributed by atoms with E-state index in [1.54, 1.807) is 12.4 Å². The van der Waals surface area contributed by atoms with E-state index in [-0.39, 0.29) is 5.91 Å². The molecule has 0 bridgehead atoms. The Bertz CT molecular complexity index is 671. The first-order valence-corrected chi connectivity index (χ1v) is 10.5. The molecule has 7 heteroatoms. The van der Waals surface area contributed by atoms with Gasteiger partial charge in [0.05, 0.1) is 9.75 Å². The number of carbonyl (C=O) groups excluding carboxylic acids is 1. The van der Waals surface area contributed by atoms with E-state index in [4.69, 9.17) is 0 Å². The van der Waals surface area contributed by atoms with Crippen molar-refractivity contribution in [2.75, 3.05) is 37.7 Å². The lowest BCUT2D eigenvalue weighted by Crippen LogP contribution is -2.48. The van der Waals surface area contributed by atoms with Gasteiger partial charge in [-0.3, -0.25) is 9.69 Å².